The molecule has 4 heteroatoms. The Balaban J connectivity index is 1.26. The van der Waals surface area contributed by atoms with E-state index in [2.05, 4.69) is 59.2 Å². The van der Waals surface area contributed by atoms with Gasteiger partial charge in [0.2, 0.25) is 5.91 Å². The monoisotopic (exact) mass is 363 g/mol. The molecule has 27 heavy (non-hydrogen) atoms. The van der Waals surface area contributed by atoms with Gasteiger partial charge in [0.15, 0.2) is 0 Å². The summed E-state index contributed by atoms with van der Waals surface area (Å²) in [6.45, 7) is 8.37. The van der Waals surface area contributed by atoms with Crippen LogP contribution in [0.5, 0.6) is 0 Å². The van der Waals surface area contributed by atoms with Crippen molar-refractivity contribution in [2.75, 3.05) is 49.1 Å². The number of hydrogen-bond donors (Lipinski definition) is 0. The lowest BCUT2D eigenvalue weighted by molar-refractivity contribution is -0.118. The zero-order valence-electron chi connectivity index (χ0n) is 16.2. The molecule has 2 aromatic rings. The van der Waals surface area contributed by atoms with E-state index in [4.69, 9.17) is 0 Å². The van der Waals surface area contributed by atoms with Gasteiger partial charge in [0.05, 0.1) is 0 Å². The number of nitrogens with zero attached hydrogens (tertiary/aromatic N) is 3. The topological polar surface area (TPSA) is 26.8 Å². The zero-order chi connectivity index (χ0) is 18.6. The molecule has 4 nitrogen and oxygen atoms in total. The SMILES string of the molecule is Cc1ccc(N2CCN(CCCN3C(=O)CCc4ccccc43)CC2)cc1. The highest BCUT2D eigenvalue weighted by molar-refractivity contribution is 5.96. The molecule has 2 aliphatic rings. The van der Waals surface area contributed by atoms with Gasteiger partial charge in [-0.05, 0) is 50.1 Å². The minimum absolute atomic E-state index is 0.276. The second kappa shape index (κ2) is 8.13. The molecule has 0 bridgehead atoms. The van der Waals surface area contributed by atoms with Crippen LogP contribution >= 0.6 is 0 Å². The van der Waals surface area contributed by atoms with E-state index in [0.717, 1.165) is 57.8 Å². The summed E-state index contributed by atoms with van der Waals surface area (Å²) in [6, 6.07) is 17.2. The minimum Gasteiger partial charge on any atom is -0.369 e. The Hall–Kier alpha value is -2.33. The van der Waals surface area contributed by atoms with Crippen LogP contribution in [0.25, 0.3) is 0 Å². The first-order valence-corrected chi connectivity index (χ1v) is 10.1. The summed E-state index contributed by atoms with van der Waals surface area (Å²) in [6.07, 6.45) is 2.56. The van der Waals surface area contributed by atoms with E-state index in [-0.39, 0.29) is 5.91 Å². The first-order valence-electron chi connectivity index (χ1n) is 10.1. The molecule has 1 saturated heterocycles. The lowest BCUT2D eigenvalue weighted by atomic mass is 10.0. The molecule has 2 aliphatic heterocycles. The number of benzene rings is 2. The third kappa shape index (κ3) is 4.16. The Morgan fingerprint density at radius 1 is 0.852 bits per heavy atom. The highest BCUT2D eigenvalue weighted by atomic mass is 16.2. The van der Waals surface area contributed by atoms with Gasteiger partial charge in [0, 0.05) is 50.5 Å². The maximum atomic E-state index is 12.4. The number of anilines is 2. The first kappa shape index (κ1) is 18.1. The van der Waals surface area contributed by atoms with Gasteiger partial charge >= 0.3 is 0 Å². The van der Waals surface area contributed by atoms with Gasteiger partial charge in [-0.3, -0.25) is 9.69 Å². The van der Waals surface area contributed by atoms with Gasteiger partial charge in [0.25, 0.3) is 0 Å². The lowest BCUT2D eigenvalue weighted by Gasteiger charge is -2.36. The van der Waals surface area contributed by atoms with Crippen molar-refractivity contribution in [3.05, 3.63) is 59.7 Å². The summed E-state index contributed by atoms with van der Waals surface area (Å²) in [5.74, 6) is 0.276. The van der Waals surface area contributed by atoms with Crippen molar-refractivity contribution >= 4 is 17.3 Å². The van der Waals surface area contributed by atoms with Crippen LogP contribution in [-0.2, 0) is 11.2 Å². The second-order valence-corrected chi connectivity index (χ2v) is 7.69. The molecule has 1 fully saturated rings. The van der Waals surface area contributed by atoms with Crippen molar-refractivity contribution in [2.24, 2.45) is 0 Å². The summed E-state index contributed by atoms with van der Waals surface area (Å²) >= 11 is 0. The number of amides is 1. The second-order valence-electron chi connectivity index (χ2n) is 7.69. The lowest BCUT2D eigenvalue weighted by Crippen LogP contribution is -2.47. The fourth-order valence-corrected chi connectivity index (χ4v) is 4.18. The molecule has 0 atom stereocenters. The van der Waals surface area contributed by atoms with Gasteiger partial charge in [0.1, 0.15) is 0 Å². The summed E-state index contributed by atoms with van der Waals surface area (Å²) in [4.78, 5) is 19.4. The Morgan fingerprint density at radius 3 is 2.37 bits per heavy atom. The van der Waals surface area contributed by atoms with Crippen LogP contribution in [0.4, 0.5) is 11.4 Å². The van der Waals surface area contributed by atoms with Crippen molar-refractivity contribution < 1.29 is 4.79 Å². The largest absolute Gasteiger partial charge is 0.369 e. The van der Waals surface area contributed by atoms with E-state index in [1.807, 2.05) is 11.0 Å². The van der Waals surface area contributed by atoms with E-state index in [1.54, 1.807) is 0 Å². The quantitative estimate of drug-likeness (QED) is 0.814. The molecule has 0 radical (unpaired) electrons. The number of aryl methyl sites for hydroxylation is 2. The molecule has 0 aromatic heterocycles. The molecule has 0 unspecified atom stereocenters. The van der Waals surface area contributed by atoms with Crippen LogP contribution in [0.3, 0.4) is 0 Å². The van der Waals surface area contributed by atoms with Crippen molar-refractivity contribution in [1.82, 2.24) is 4.90 Å². The highest BCUT2D eigenvalue weighted by Gasteiger charge is 2.24. The molecule has 0 saturated carbocycles. The molecule has 0 aliphatic carbocycles. The van der Waals surface area contributed by atoms with Gasteiger partial charge in [-0.15, -0.1) is 0 Å². The molecule has 4 rings (SSSR count). The molecule has 0 spiro atoms. The highest BCUT2D eigenvalue weighted by Crippen LogP contribution is 2.27. The summed E-state index contributed by atoms with van der Waals surface area (Å²) < 4.78 is 0. The van der Waals surface area contributed by atoms with Crippen LogP contribution in [0.1, 0.15) is 24.0 Å². The number of carbonyl (C=O) groups is 1. The van der Waals surface area contributed by atoms with E-state index in [9.17, 15) is 4.79 Å². The number of rotatable bonds is 5. The predicted molar refractivity (Wildman–Crippen MR) is 112 cm³/mol. The van der Waals surface area contributed by atoms with Crippen LogP contribution in [-0.4, -0.2) is 50.1 Å². The number of hydrogen-bond acceptors (Lipinski definition) is 3. The Morgan fingerprint density at radius 2 is 1.59 bits per heavy atom. The first-order chi connectivity index (χ1) is 13.2. The maximum absolute atomic E-state index is 12.4. The third-order valence-corrected chi connectivity index (χ3v) is 5.82. The number of para-hydroxylation sites is 1. The van der Waals surface area contributed by atoms with Gasteiger partial charge in [-0.25, -0.2) is 0 Å². The predicted octanol–water partition coefficient (Wildman–Crippen LogP) is 3.49. The number of piperazine rings is 1. The van der Waals surface area contributed by atoms with Crippen LogP contribution < -0.4 is 9.80 Å². The normalized spacial score (nSPS) is 17.9. The zero-order valence-corrected chi connectivity index (χ0v) is 16.2. The molecular formula is C23H29N3O. The average Bonchev–Trinajstić information content (AvgIpc) is 2.71. The Bertz CT molecular complexity index is 778. The van der Waals surface area contributed by atoms with Crippen molar-refractivity contribution in [3.63, 3.8) is 0 Å². The molecule has 0 N–H and O–H groups in total. The van der Waals surface area contributed by atoms with Crippen molar-refractivity contribution in [2.45, 2.75) is 26.2 Å². The van der Waals surface area contributed by atoms with E-state index < -0.39 is 0 Å². The fourth-order valence-electron chi connectivity index (χ4n) is 4.18. The number of carbonyl (C=O) groups excluding carboxylic acids is 1. The fraction of sp³-hybridized carbons (Fsp3) is 0.435. The van der Waals surface area contributed by atoms with E-state index in [1.165, 1.54) is 16.8 Å². The Kier molecular flexibility index (Phi) is 5.44. The molecular weight excluding hydrogens is 334 g/mol. The van der Waals surface area contributed by atoms with Crippen molar-refractivity contribution in [1.29, 1.82) is 0 Å². The van der Waals surface area contributed by atoms with Gasteiger partial charge in [-0.1, -0.05) is 35.9 Å². The molecule has 2 aromatic carbocycles. The summed E-state index contributed by atoms with van der Waals surface area (Å²) in [5.41, 5.74) is 5.07. The number of fused-ring (bicyclic) bond motifs is 1. The van der Waals surface area contributed by atoms with E-state index >= 15 is 0 Å². The Labute approximate surface area is 162 Å². The molecule has 2 heterocycles. The van der Waals surface area contributed by atoms with E-state index in [0.29, 0.717) is 6.42 Å². The van der Waals surface area contributed by atoms with Crippen LogP contribution in [0.15, 0.2) is 48.5 Å². The minimum atomic E-state index is 0.276. The summed E-state index contributed by atoms with van der Waals surface area (Å²) in [7, 11) is 0. The smallest absolute Gasteiger partial charge is 0.227 e. The maximum Gasteiger partial charge on any atom is 0.227 e. The van der Waals surface area contributed by atoms with Crippen LogP contribution in [0, 0.1) is 6.92 Å². The van der Waals surface area contributed by atoms with Crippen molar-refractivity contribution in [3.8, 4) is 0 Å². The molecule has 1 amide bonds. The van der Waals surface area contributed by atoms with Crippen LogP contribution in [0.2, 0.25) is 0 Å². The summed E-state index contributed by atoms with van der Waals surface area (Å²) in [5, 5.41) is 0. The van der Waals surface area contributed by atoms with Gasteiger partial charge in [-0.2, -0.15) is 0 Å². The van der Waals surface area contributed by atoms with Gasteiger partial charge < -0.3 is 9.80 Å². The average molecular weight is 364 g/mol. The third-order valence-electron chi connectivity index (χ3n) is 5.82. The standard InChI is InChI=1S/C23H29N3O/c1-19-7-10-21(11-8-19)25-17-15-24(16-18-25)13-4-14-26-22-6-3-2-5-20(22)9-12-23(26)27/h2-3,5-8,10-11H,4,9,12-18H2,1H3. The molecule has 142 valence electrons.